The van der Waals surface area contributed by atoms with Crippen molar-refractivity contribution in [2.24, 2.45) is 5.73 Å². The number of ether oxygens (including phenoxy) is 1. The van der Waals surface area contributed by atoms with Gasteiger partial charge in [-0.2, -0.15) is 5.26 Å². The molecule has 6 heteroatoms. The van der Waals surface area contributed by atoms with Gasteiger partial charge >= 0.3 is 0 Å². The number of nitrogens with two attached hydrogens (primary N) is 1. The molecule has 1 heterocycles. The van der Waals surface area contributed by atoms with E-state index >= 15 is 0 Å². The molecule has 4 rings (SSSR count). The average Bonchev–Trinajstić information content (AvgIpc) is 2.79. The normalized spacial score (nSPS) is 18.5. The van der Waals surface area contributed by atoms with Crippen LogP contribution in [0.5, 0.6) is 5.75 Å². The lowest BCUT2D eigenvalue weighted by Gasteiger charge is -2.33. The number of hydrogen-bond donors (Lipinski definition) is 1. The Bertz CT molecular complexity index is 1140. The molecule has 0 amide bonds. The molecule has 0 spiro atoms. The van der Waals surface area contributed by atoms with Gasteiger partial charge in [0.15, 0.2) is 0 Å². The number of rotatable bonds is 5. The van der Waals surface area contributed by atoms with Crippen molar-refractivity contribution in [1.82, 2.24) is 4.98 Å². The van der Waals surface area contributed by atoms with Gasteiger partial charge in [0.2, 0.25) is 0 Å². The summed E-state index contributed by atoms with van der Waals surface area (Å²) in [5.41, 5.74) is 11.6. The molecular weight excluding hydrogens is 429 g/mol. The van der Waals surface area contributed by atoms with Gasteiger partial charge in [-0.05, 0) is 77.6 Å². The summed E-state index contributed by atoms with van der Waals surface area (Å²) in [5, 5.41) is 10.2. The van der Waals surface area contributed by atoms with E-state index in [2.05, 4.69) is 17.1 Å². The summed E-state index contributed by atoms with van der Waals surface area (Å²) >= 11 is 12.6. The number of hydrogen-bond acceptors (Lipinski definition) is 4. The monoisotopic (exact) mass is 449 g/mol. The summed E-state index contributed by atoms with van der Waals surface area (Å²) in [6, 6.07) is 18.7. The highest BCUT2D eigenvalue weighted by Crippen LogP contribution is 2.42. The lowest BCUT2D eigenvalue weighted by atomic mass is 9.75. The van der Waals surface area contributed by atoms with Crippen LogP contribution in [0, 0.1) is 11.3 Å². The van der Waals surface area contributed by atoms with E-state index in [0.29, 0.717) is 34.4 Å². The zero-order valence-electron chi connectivity index (χ0n) is 16.8. The van der Waals surface area contributed by atoms with Gasteiger partial charge in [0, 0.05) is 34.4 Å². The third-order valence-electron chi connectivity index (χ3n) is 5.62. The molecule has 2 atom stereocenters. The Morgan fingerprint density at radius 1 is 1.10 bits per heavy atom. The number of halogens is 2. The summed E-state index contributed by atoms with van der Waals surface area (Å²) in [6.07, 6.45) is 5.05. The van der Waals surface area contributed by atoms with Crippen molar-refractivity contribution in [1.29, 1.82) is 5.26 Å². The smallest absolute Gasteiger partial charge is 0.119 e. The van der Waals surface area contributed by atoms with Crippen molar-refractivity contribution in [2.45, 2.75) is 24.8 Å². The number of benzene rings is 2. The number of nitriles is 1. The van der Waals surface area contributed by atoms with Crippen LogP contribution in [0.2, 0.25) is 10.0 Å². The van der Waals surface area contributed by atoms with E-state index < -0.39 is 0 Å². The Morgan fingerprint density at radius 3 is 2.58 bits per heavy atom. The molecule has 2 N–H and O–H groups in total. The second-order valence-corrected chi connectivity index (χ2v) is 8.44. The fourth-order valence-electron chi connectivity index (χ4n) is 4.01. The largest absolute Gasteiger partial charge is 0.489 e. The molecule has 0 saturated carbocycles. The zero-order valence-corrected chi connectivity index (χ0v) is 18.3. The Labute approximate surface area is 191 Å². The second-order valence-electron chi connectivity index (χ2n) is 7.59. The van der Waals surface area contributed by atoms with Crippen molar-refractivity contribution in [2.75, 3.05) is 6.61 Å². The SMILES string of the molecule is N#Cc1ccc(OCC2=C(c3cccnc3)C[C@@H](c3ccc(Cl)cc3Cl)[C@H](N)C2)cc1. The highest BCUT2D eigenvalue weighted by Gasteiger charge is 2.31. The predicted octanol–water partition coefficient (Wildman–Crippen LogP) is 6.00. The van der Waals surface area contributed by atoms with Crippen molar-refractivity contribution in [3.63, 3.8) is 0 Å². The second kappa shape index (κ2) is 9.53. The van der Waals surface area contributed by atoms with E-state index in [0.717, 1.165) is 23.1 Å². The van der Waals surface area contributed by atoms with Crippen LogP contribution in [0.25, 0.3) is 5.57 Å². The molecule has 0 aliphatic heterocycles. The molecule has 31 heavy (non-hydrogen) atoms. The lowest BCUT2D eigenvalue weighted by molar-refractivity contribution is 0.338. The molecule has 0 unspecified atom stereocenters. The molecule has 0 saturated heterocycles. The first-order chi connectivity index (χ1) is 15.0. The predicted molar refractivity (Wildman–Crippen MR) is 124 cm³/mol. The van der Waals surface area contributed by atoms with Crippen molar-refractivity contribution < 1.29 is 4.74 Å². The fraction of sp³-hybridized carbons (Fsp3) is 0.200. The maximum absolute atomic E-state index is 8.97. The van der Waals surface area contributed by atoms with Crippen LogP contribution in [0.15, 0.2) is 72.6 Å². The minimum Gasteiger partial charge on any atom is -0.489 e. The molecule has 2 aromatic carbocycles. The van der Waals surface area contributed by atoms with E-state index in [1.54, 1.807) is 24.4 Å². The first-order valence-electron chi connectivity index (χ1n) is 10.00. The molecule has 1 aromatic heterocycles. The maximum atomic E-state index is 8.97. The minimum atomic E-state index is -0.0985. The van der Waals surface area contributed by atoms with Crippen LogP contribution >= 0.6 is 23.2 Å². The van der Waals surface area contributed by atoms with Gasteiger partial charge in [0.25, 0.3) is 0 Å². The third kappa shape index (κ3) is 4.91. The van der Waals surface area contributed by atoms with Gasteiger partial charge in [-0.25, -0.2) is 0 Å². The summed E-state index contributed by atoms with van der Waals surface area (Å²) in [4.78, 5) is 4.30. The standard InChI is InChI=1S/C25H21Cl2N3O/c26-19-5-8-21(24(27)11-19)23-12-22(17-2-1-9-30-14-17)18(10-25(23)29)15-31-20-6-3-16(13-28)4-7-20/h1-9,11,14,23,25H,10,12,15,29H2/t23-,25+/m0/s1. The van der Waals surface area contributed by atoms with Gasteiger partial charge in [-0.1, -0.05) is 35.3 Å². The van der Waals surface area contributed by atoms with Crippen molar-refractivity contribution in [3.05, 3.63) is 99.3 Å². The highest BCUT2D eigenvalue weighted by molar-refractivity contribution is 6.35. The molecule has 0 fully saturated rings. The Kier molecular flexibility index (Phi) is 6.58. The molecule has 156 valence electrons. The summed E-state index contributed by atoms with van der Waals surface area (Å²) in [5.74, 6) is 0.784. The van der Waals surface area contributed by atoms with Crippen LogP contribution in [0.1, 0.15) is 35.4 Å². The number of pyridine rings is 1. The van der Waals surface area contributed by atoms with Gasteiger partial charge in [0.1, 0.15) is 12.4 Å². The van der Waals surface area contributed by atoms with Crippen LogP contribution < -0.4 is 10.5 Å². The quantitative estimate of drug-likeness (QED) is 0.518. The molecule has 1 aliphatic rings. The maximum Gasteiger partial charge on any atom is 0.119 e. The van der Waals surface area contributed by atoms with Gasteiger partial charge in [-0.3, -0.25) is 4.98 Å². The van der Waals surface area contributed by atoms with Gasteiger partial charge in [0.05, 0.1) is 11.6 Å². The summed E-state index contributed by atoms with van der Waals surface area (Å²) < 4.78 is 6.04. The molecule has 3 aromatic rings. The Balaban J connectivity index is 1.64. The molecule has 0 bridgehead atoms. The fourth-order valence-corrected chi connectivity index (χ4v) is 4.56. The minimum absolute atomic E-state index is 0.0682. The lowest BCUT2D eigenvalue weighted by Crippen LogP contribution is -2.34. The third-order valence-corrected chi connectivity index (χ3v) is 6.18. The van der Waals surface area contributed by atoms with E-state index in [4.69, 9.17) is 38.9 Å². The topological polar surface area (TPSA) is 71.9 Å². The zero-order chi connectivity index (χ0) is 21.8. The van der Waals surface area contributed by atoms with Crippen LogP contribution in [0.3, 0.4) is 0 Å². The summed E-state index contributed by atoms with van der Waals surface area (Å²) in [6.45, 7) is 0.422. The van der Waals surface area contributed by atoms with E-state index in [1.807, 2.05) is 36.5 Å². The van der Waals surface area contributed by atoms with Gasteiger partial charge in [-0.15, -0.1) is 0 Å². The van der Waals surface area contributed by atoms with E-state index in [9.17, 15) is 0 Å². The van der Waals surface area contributed by atoms with E-state index in [-0.39, 0.29) is 12.0 Å². The van der Waals surface area contributed by atoms with Crippen molar-refractivity contribution in [3.8, 4) is 11.8 Å². The number of allylic oxidation sites excluding steroid dienone is 1. The van der Waals surface area contributed by atoms with E-state index in [1.165, 1.54) is 5.57 Å². The first-order valence-corrected chi connectivity index (χ1v) is 10.8. The highest BCUT2D eigenvalue weighted by atomic mass is 35.5. The number of aromatic nitrogens is 1. The molecule has 1 aliphatic carbocycles. The first kappa shape index (κ1) is 21.4. The molecule has 0 radical (unpaired) electrons. The van der Waals surface area contributed by atoms with Crippen LogP contribution in [0.4, 0.5) is 0 Å². The number of nitrogens with zero attached hydrogens (tertiary/aromatic N) is 2. The average molecular weight is 450 g/mol. The van der Waals surface area contributed by atoms with Crippen molar-refractivity contribution >= 4 is 28.8 Å². The molecular formula is C25H21Cl2N3O. The van der Waals surface area contributed by atoms with Gasteiger partial charge < -0.3 is 10.5 Å². The Morgan fingerprint density at radius 2 is 1.90 bits per heavy atom. The van der Waals surface area contributed by atoms with Crippen LogP contribution in [-0.4, -0.2) is 17.6 Å². The summed E-state index contributed by atoms with van der Waals surface area (Å²) in [7, 11) is 0. The molecule has 4 nitrogen and oxygen atoms in total. The Hall–Kier alpha value is -2.84. The van der Waals surface area contributed by atoms with Crippen LogP contribution in [-0.2, 0) is 0 Å².